The molecule has 0 bridgehead atoms. The molecule has 1 unspecified atom stereocenters. The van der Waals surface area contributed by atoms with E-state index in [0.29, 0.717) is 25.7 Å². The Morgan fingerprint density at radius 1 is 1.28 bits per heavy atom. The van der Waals surface area contributed by atoms with Crippen LogP contribution in [0.4, 0.5) is 0 Å². The Morgan fingerprint density at radius 2 is 2.00 bits per heavy atom. The van der Waals surface area contributed by atoms with Gasteiger partial charge in [0.05, 0.1) is 19.1 Å². The SMILES string of the molecule is Cl.NCCN1CCCC(C(=O)N2CCOCC2)C1. The molecule has 1 atom stereocenters. The zero-order valence-electron chi connectivity index (χ0n) is 10.8. The summed E-state index contributed by atoms with van der Waals surface area (Å²) in [4.78, 5) is 16.6. The molecule has 6 heteroatoms. The molecule has 0 aliphatic carbocycles. The van der Waals surface area contributed by atoms with Gasteiger partial charge in [0.1, 0.15) is 0 Å². The summed E-state index contributed by atoms with van der Waals surface area (Å²) in [6.45, 7) is 6.44. The van der Waals surface area contributed by atoms with E-state index in [0.717, 1.165) is 45.6 Å². The second-order valence-corrected chi connectivity index (χ2v) is 4.87. The number of hydrogen-bond donors (Lipinski definition) is 1. The van der Waals surface area contributed by atoms with Crippen molar-refractivity contribution < 1.29 is 9.53 Å². The lowest BCUT2D eigenvalue weighted by atomic mass is 9.96. The summed E-state index contributed by atoms with van der Waals surface area (Å²) in [5.74, 6) is 0.489. The van der Waals surface area contributed by atoms with E-state index in [1.807, 2.05) is 4.90 Å². The van der Waals surface area contributed by atoms with Crippen LogP contribution in [0.25, 0.3) is 0 Å². The molecule has 0 saturated carbocycles. The lowest BCUT2D eigenvalue weighted by molar-refractivity contribution is -0.141. The normalized spacial score (nSPS) is 25.6. The van der Waals surface area contributed by atoms with Gasteiger partial charge in [-0.2, -0.15) is 0 Å². The predicted molar refractivity (Wildman–Crippen MR) is 72.9 cm³/mol. The van der Waals surface area contributed by atoms with Crippen LogP contribution in [0.1, 0.15) is 12.8 Å². The zero-order chi connectivity index (χ0) is 12.1. The maximum Gasteiger partial charge on any atom is 0.227 e. The van der Waals surface area contributed by atoms with Gasteiger partial charge < -0.3 is 20.3 Å². The molecule has 0 radical (unpaired) electrons. The molecule has 2 aliphatic rings. The van der Waals surface area contributed by atoms with Crippen molar-refractivity contribution in [2.75, 3.05) is 52.5 Å². The molecule has 1 amide bonds. The van der Waals surface area contributed by atoms with Crippen LogP contribution in [0, 0.1) is 5.92 Å². The number of nitrogens with two attached hydrogens (primary N) is 1. The molecule has 2 aliphatic heterocycles. The number of ether oxygens (including phenoxy) is 1. The Labute approximate surface area is 115 Å². The van der Waals surface area contributed by atoms with Crippen LogP contribution in [-0.4, -0.2) is 68.2 Å². The third-order valence-corrected chi connectivity index (χ3v) is 3.62. The number of amides is 1. The molecule has 2 saturated heterocycles. The second kappa shape index (κ2) is 7.94. The number of rotatable bonds is 3. The maximum atomic E-state index is 12.3. The van der Waals surface area contributed by atoms with E-state index in [4.69, 9.17) is 10.5 Å². The van der Waals surface area contributed by atoms with Crippen LogP contribution in [0.5, 0.6) is 0 Å². The van der Waals surface area contributed by atoms with Gasteiger partial charge in [-0.1, -0.05) is 0 Å². The maximum absolute atomic E-state index is 12.3. The number of likely N-dealkylation sites (tertiary alicyclic amines) is 1. The first-order valence-electron chi connectivity index (χ1n) is 6.60. The smallest absolute Gasteiger partial charge is 0.227 e. The minimum absolute atomic E-state index is 0. The topological polar surface area (TPSA) is 58.8 Å². The van der Waals surface area contributed by atoms with Crippen LogP contribution in [-0.2, 0) is 9.53 Å². The first-order chi connectivity index (χ1) is 8.31. The van der Waals surface area contributed by atoms with Crippen molar-refractivity contribution in [2.45, 2.75) is 12.8 Å². The molecule has 2 heterocycles. The van der Waals surface area contributed by atoms with Crippen LogP contribution in [0.15, 0.2) is 0 Å². The number of morpholine rings is 1. The van der Waals surface area contributed by atoms with Gasteiger partial charge in [-0.25, -0.2) is 0 Å². The molecule has 18 heavy (non-hydrogen) atoms. The zero-order valence-corrected chi connectivity index (χ0v) is 11.7. The van der Waals surface area contributed by atoms with E-state index < -0.39 is 0 Å². The first kappa shape index (κ1) is 15.7. The summed E-state index contributed by atoms with van der Waals surface area (Å²) < 4.78 is 5.28. The van der Waals surface area contributed by atoms with Crippen molar-refractivity contribution in [1.29, 1.82) is 0 Å². The Hall–Kier alpha value is -0.360. The summed E-state index contributed by atoms with van der Waals surface area (Å²) in [5.41, 5.74) is 5.57. The van der Waals surface area contributed by atoms with Gasteiger partial charge in [-0.05, 0) is 19.4 Å². The molecule has 0 aromatic carbocycles. The Kier molecular flexibility index (Phi) is 6.92. The lowest BCUT2D eigenvalue weighted by Gasteiger charge is -2.36. The number of hydrogen-bond acceptors (Lipinski definition) is 4. The Bertz CT molecular complexity index is 258. The van der Waals surface area contributed by atoms with Crippen LogP contribution in [0.2, 0.25) is 0 Å². The fraction of sp³-hybridized carbons (Fsp3) is 0.917. The second-order valence-electron chi connectivity index (χ2n) is 4.87. The summed E-state index contributed by atoms with van der Waals surface area (Å²) in [6, 6.07) is 0. The van der Waals surface area contributed by atoms with E-state index in [9.17, 15) is 4.79 Å². The van der Waals surface area contributed by atoms with Gasteiger partial charge in [-0.3, -0.25) is 4.79 Å². The molecule has 2 rings (SSSR count). The third-order valence-electron chi connectivity index (χ3n) is 3.62. The van der Waals surface area contributed by atoms with Gasteiger partial charge in [0.25, 0.3) is 0 Å². The van der Waals surface area contributed by atoms with E-state index in [2.05, 4.69) is 4.90 Å². The molecule has 5 nitrogen and oxygen atoms in total. The van der Waals surface area contributed by atoms with Gasteiger partial charge in [0.2, 0.25) is 5.91 Å². The fourth-order valence-electron chi connectivity index (χ4n) is 2.68. The Balaban J connectivity index is 0.00000162. The molecule has 2 fully saturated rings. The lowest BCUT2D eigenvalue weighted by Crippen LogP contribution is -2.49. The van der Waals surface area contributed by atoms with Crippen molar-refractivity contribution in [2.24, 2.45) is 11.7 Å². The van der Waals surface area contributed by atoms with Crippen molar-refractivity contribution in [3.05, 3.63) is 0 Å². The highest BCUT2D eigenvalue weighted by Gasteiger charge is 2.29. The molecule has 0 aromatic rings. The van der Waals surface area contributed by atoms with Gasteiger partial charge in [0, 0.05) is 32.7 Å². The van der Waals surface area contributed by atoms with Crippen LogP contribution in [0.3, 0.4) is 0 Å². The standard InChI is InChI=1S/C12H23N3O2.ClH/c13-3-5-14-4-1-2-11(10-14)12(16)15-6-8-17-9-7-15;/h11H,1-10,13H2;1H. The van der Waals surface area contributed by atoms with Crippen molar-refractivity contribution in [3.8, 4) is 0 Å². The van der Waals surface area contributed by atoms with Crippen molar-refractivity contribution >= 4 is 18.3 Å². The number of halogens is 1. The fourth-order valence-corrected chi connectivity index (χ4v) is 2.68. The van der Waals surface area contributed by atoms with E-state index in [1.165, 1.54) is 0 Å². The van der Waals surface area contributed by atoms with Crippen molar-refractivity contribution in [3.63, 3.8) is 0 Å². The van der Waals surface area contributed by atoms with Gasteiger partial charge >= 0.3 is 0 Å². The summed E-state index contributed by atoms with van der Waals surface area (Å²) in [5, 5.41) is 0. The van der Waals surface area contributed by atoms with Gasteiger partial charge in [0.15, 0.2) is 0 Å². The number of carbonyl (C=O) groups is 1. The number of nitrogens with zero attached hydrogens (tertiary/aromatic N) is 2. The molecule has 0 aromatic heterocycles. The van der Waals surface area contributed by atoms with Crippen LogP contribution >= 0.6 is 12.4 Å². The molecule has 0 spiro atoms. The number of piperidine rings is 1. The highest BCUT2D eigenvalue weighted by molar-refractivity contribution is 5.85. The van der Waals surface area contributed by atoms with E-state index in [1.54, 1.807) is 0 Å². The van der Waals surface area contributed by atoms with Gasteiger partial charge in [-0.15, -0.1) is 12.4 Å². The molecule has 106 valence electrons. The average Bonchev–Trinajstić information content (AvgIpc) is 2.40. The quantitative estimate of drug-likeness (QED) is 0.785. The summed E-state index contributed by atoms with van der Waals surface area (Å²) in [6.07, 6.45) is 2.14. The molecule has 2 N–H and O–H groups in total. The molecular formula is C12H24ClN3O2. The highest BCUT2D eigenvalue weighted by Crippen LogP contribution is 2.19. The van der Waals surface area contributed by atoms with Crippen LogP contribution < -0.4 is 5.73 Å². The first-order valence-corrected chi connectivity index (χ1v) is 6.60. The minimum Gasteiger partial charge on any atom is -0.378 e. The highest BCUT2D eigenvalue weighted by atomic mass is 35.5. The monoisotopic (exact) mass is 277 g/mol. The van der Waals surface area contributed by atoms with Crippen molar-refractivity contribution in [1.82, 2.24) is 9.80 Å². The third kappa shape index (κ3) is 4.09. The predicted octanol–water partition coefficient (Wildman–Crippen LogP) is -0.0623. The minimum atomic E-state index is 0. The summed E-state index contributed by atoms with van der Waals surface area (Å²) in [7, 11) is 0. The summed E-state index contributed by atoms with van der Waals surface area (Å²) >= 11 is 0. The van der Waals surface area contributed by atoms with E-state index in [-0.39, 0.29) is 18.3 Å². The molecular weight excluding hydrogens is 254 g/mol. The largest absolute Gasteiger partial charge is 0.378 e. The average molecular weight is 278 g/mol. The van der Waals surface area contributed by atoms with E-state index >= 15 is 0 Å². The number of carbonyl (C=O) groups excluding carboxylic acids is 1. The Morgan fingerprint density at radius 3 is 2.67 bits per heavy atom.